The fourth-order valence-corrected chi connectivity index (χ4v) is 1.65. The third-order valence-electron chi connectivity index (χ3n) is 2.78. The largest absolute Gasteiger partial charge is 0.488 e. The highest BCUT2D eigenvalue weighted by Gasteiger charge is 2.09. The van der Waals surface area contributed by atoms with Crippen LogP contribution in [0.25, 0.3) is 0 Å². The third kappa shape index (κ3) is 6.32. The number of hydrogen-bond donors (Lipinski definition) is 2. The third-order valence-corrected chi connectivity index (χ3v) is 2.78. The molecular weight excluding hydrogens is 261 g/mol. The van der Waals surface area contributed by atoms with E-state index in [1.54, 1.807) is 19.2 Å². The Balaban J connectivity index is 2.43. The van der Waals surface area contributed by atoms with Crippen LogP contribution in [0.1, 0.15) is 19.4 Å². The van der Waals surface area contributed by atoms with Gasteiger partial charge >= 0.3 is 0 Å². The zero-order valence-electron chi connectivity index (χ0n) is 12.4. The van der Waals surface area contributed by atoms with Crippen molar-refractivity contribution in [3.05, 3.63) is 29.6 Å². The lowest BCUT2D eigenvalue weighted by atomic mass is 10.1. The Morgan fingerprint density at radius 1 is 1.35 bits per heavy atom. The Morgan fingerprint density at radius 3 is 2.70 bits per heavy atom. The summed E-state index contributed by atoms with van der Waals surface area (Å²) in [7, 11) is 1.61. The maximum Gasteiger partial charge on any atom is 0.165 e. The van der Waals surface area contributed by atoms with Gasteiger partial charge in [-0.05, 0) is 24.1 Å². The minimum Gasteiger partial charge on any atom is -0.488 e. The molecule has 0 bridgehead atoms. The molecule has 0 aliphatic heterocycles. The van der Waals surface area contributed by atoms with E-state index in [9.17, 15) is 9.50 Å². The van der Waals surface area contributed by atoms with E-state index in [-0.39, 0.29) is 12.4 Å². The number of nitrogens with one attached hydrogen (secondary N) is 1. The van der Waals surface area contributed by atoms with Crippen molar-refractivity contribution in [3.8, 4) is 5.75 Å². The first-order chi connectivity index (χ1) is 9.52. The first-order valence-corrected chi connectivity index (χ1v) is 6.84. The normalized spacial score (nSPS) is 12.7. The molecule has 0 amide bonds. The molecule has 1 unspecified atom stereocenters. The summed E-state index contributed by atoms with van der Waals surface area (Å²) >= 11 is 0. The quantitative estimate of drug-likeness (QED) is 0.726. The molecule has 1 aromatic carbocycles. The van der Waals surface area contributed by atoms with Crippen LogP contribution in [0.15, 0.2) is 18.2 Å². The molecule has 0 spiro atoms. The van der Waals surface area contributed by atoms with Gasteiger partial charge in [-0.1, -0.05) is 19.9 Å². The second-order valence-corrected chi connectivity index (χ2v) is 5.04. The second kappa shape index (κ2) is 8.89. The van der Waals surface area contributed by atoms with Crippen molar-refractivity contribution in [1.82, 2.24) is 5.32 Å². The zero-order valence-corrected chi connectivity index (χ0v) is 12.4. The van der Waals surface area contributed by atoms with Crippen molar-refractivity contribution in [3.63, 3.8) is 0 Å². The van der Waals surface area contributed by atoms with Gasteiger partial charge in [0.15, 0.2) is 11.6 Å². The predicted molar refractivity (Wildman–Crippen MR) is 76.6 cm³/mol. The Bertz CT molecular complexity index is 399. The van der Waals surface area contributed by atoms with Crippen LogP contribution in [-0.2, 0) is 11.2 Å². The van der Waals surface area contributed by atoms with Crippen molar-refractivity contribution in [2.75, 3.05) is 26.9 Å². The number of rotatable bonds is 9. The fourth-order valence-electron chi connectivity index (χ4n) is 1.65. The van der Waals surface area contributed by atoms with Gasteiger partial charge in [-0.15, -0.1) is 0 Å². The summed E-state index contributed by atoms with van der Waals surface area (Å²) in [6.45, 7) is 5.02. The smallest absolute Gasteiger partial charge is 0.165 e. The summed E-state index contributed by atoms with van der Waals surface area (Å²) in [5.41, 5.74) is 0.860. The Morgan fingerprint density at radius 2 is 2.10 bits per heavy atom. The second-order valence-electron chi connectivity index (χ2n) is 5.04. The van der Waals surface area contributed by atoms with Gasteiger partial charge in [0.05, 0.1) is 6.61 Å². The van der Waals surface area contributed by atoms with Gasteiger partial charge in [-0.25, -0.2) is 4.39 Å². The number of ether oxygens (including phenoxy) is 2. The molecule has 0 saturated carbocycles. The van der Waals surface area contributed by atoms with E-state index < -0.39 is 11.9 Å². The van der Waals surface area contributed by atoms with Crippen LogP contribution >= 0.6 is 0 Å². The van der Waals surface area contributed by atoms with Crippen LogP contribution in [0.4, 0.5) is 4.39 Å². The molecule has 20 heavy (non-hydrogen) atoms. The minimum atomic E-state index is -0.662. The molecule has 5 heteroatoms. The molecule has 0 heterocycles. The summed E-state index contributed by atoms with van der Waals surface area (Å²) in [5, 5.41) is 12.8. The molecular formula is C15H24FNO3. The predicted octanol–water partition coefficient (Wildman–Crippen LogP) is 1.75. The van der Waals surface area contributed by atoms with Crippen molar-refractivity contribution in [1.29, 1.82) is 0 Å². The van der Waals surface area contributed by atoms with Gasteiger partial charge < -0.3 is 19.9 Å². The van der Waals surface area contributed by atoms with E-state index >= 15 is 0 Å². The van der Waals surface area contributed by atoms with E-state index in [0.717, 1.165) is 5.56 Å². The molecule has 0 radical (unpaired) electrons. The number of methoxy groups -OCH3 is 1. The summed E-state index contributed by atoms with van der Waals surface area (Å²) in [5.74, 6) is -0.252. The van der Waals surface area contributed by atoms with Crippen LogP contribution in [0.2, 0.25) is 0 Å². The maximum absolute atomic E-state index is 13.8. The van der Waals surface area contributed by atoms with E-state index in [0.29, 0.717) is 25.6 Å². The first-order valence-electron chi connectivity index (χ1n) is 6.84. The Labute approximate surface area is 119 Å². The molecule has 114 valence electrons. The van der Waals surface area contributed by atoms with Crippen LogP contribution < -0.4 is 10.1 Å². The average molecular weight is 285 g/mol. The number of benzene rings is 1. The number of aliphatic hydroxyl groups is 1. The molecule has 1 aromatic rings. The van der Waals surface area contributed by atoms with Gasteiger partial charge in [0.2, 0.25) is 0 Å². The van der Waals surface area contributed by atoms with E-state index in [1.807, 2.05) is 13.8 Å². The van der Waals surface area contributed by atoms with Crippen LogP contribution in [0.3, 0.4) is 0 Å². The molecule has 0 aliphatic carbocycles. The minimum absolute atomic E-state index is 0.0635. The zero-order chi connectivity index (χ0) is 15.0. The molecule has 1 atom stereocenters. The summed E-state index contributed by atoms with van der Waals surface area (Å²) in [6, 6.07) is 5.12. The van der Waals surface area contributed by atoms with E-state index in [2.05, 4.69) is 5.32 Å². The number of halogens is 1. The molecule has 2 N–H and O–H groups in total. The summed E-state index contributed by atoms with van der Waals surface area (Å²) in [6.07, 6.45) is -0.000724. The monoisotopic (exact) mass is 285 g/mol. The van der Waals surface area contributed by atoms with Crippen molar-refractivity contribution in [2.24, 2.45) is 0 Å². The molecule has 0 aliphatic rings. The van der Waals surface area contributed by atoms with Crippen LogP contribution in [0.5, 0.6) is 5.75 Å². The topological polar surface area (TPSA) is 50.7 Å². The molecule has 1 rings (SSSR count). The maximum atomic E-state index is 13.8. The van der Waals surface area contributed by atoms with Crippen molar-refractivity contribution < 1.29 is 19.0 Å². The van der Waals surface area contributed by atoms with E-state index in [1.165, 1.54) is 6.07 Å². The van der Waals surface area contributed by atoms with Crippen molar-refractivity contribution >= 4 is 0 Å². The highest BCUT2D eigenvalue weighted by atomic mass is 19.1. The highest BCUT2D eigenvalue weighted by Crippen LogP contribution is 2.18. The van der Waals surface area contributed by atoms with E-state index in [4.69, 9.17) is 9.47 Å². The fraction of sp³-hybridized carbons (Fsp3) is 0.600. The van der Waals surface area contributed by atoms with Gasteiger partial charge in [-0.3, -0.25) is 0 Å². The standard InChI is InChI=1S/C15H24FNO3/c1-11(2)17-9-13(18)10-20-15-5-4-12(6-7-19-3)8-14(15)16/h4-5,8,11,13,17-18H,6-7,9-10H2,1-3H3. The Hall–Kier alpha value is -1.17. The lowest BCUT2D eigenvalue weighted by Gasteiger charge is -2.15. The number of hydrogen-bond acceptors (Lipinski definition) is 4. The first kappa shape index (κ1) is 16.9. The molecule has 0 saturated heterocycles. The van der Waals surface area contributed by atoms with Gasteiger partial charge in [0, 0.05) is 19.7 Å². The summed E-state index contributed by atoms with van der Waals surface area (Å²) in [4.78, 5) is 0. The molecule has 0 fully saturated rings. The molecule has 4 nitrogen and oxygen atoms in total. The highest BCUT2D eigenvalue weighted by molar-refractivity contribution is 5.29. The lowest BCUT2D eigenvalue weighted by molar-refractivity contribution is 0.102. The van der Waals surface area contributed by atoms with Gasteiger partial charge in [0.25, 0.3) is 0 Å². The SMILES string of the molecule is COCCc1ccc(OCC(O)CNC(C)C)c(F)c1. The summed E-state index contributed by atoms with van der Waals surface area (Å²) < 4.78 is 24.0. The van der Waals surface area contributed by atoms with Crippen LogP contribution in [0, 0.1) is 5.82 Å². The number of aliphatic hydroxyl groups excluding tert-OH is 1. The Kier molecular flexibility index (Phi) is 7.51. The van der Waals surface area contributed by atoms with Crippen LogP contribution in [-0.4, -0.2) is 44.1 Å². The average Bonchev–Trinajstić information content (AvgIpc) is 2.41. The lowest BCUT2D eigenvalue weighted by Crippen LogP contribution is -2.35. The van der Waals surface area contributed by atoms with Gasteiger partial charge in [0.1, 0.15) is 12.7 Å². The molecule has 0 aromatic heterocycles. The van der Waals surface area contributed by atoms with Crippen molar-refractivity contribution in [2.45, 2.75) is 32.4 Å². The van der Waals surface area contributed by atoms with Gasteiger partial charge in [-0.2, -0.15) is 0 Å².